The number of likely N-dealkylation sites (tertiary alicyclic amines) is 1. The van der Waals surface area contributed by atoms with Gasteiger partial charge in [-0.3, -0.25) is 14.3 Å². The number of sulfonamides is 1. The SMILES string of the molecule is NC(=O)c1ccc(NS(=O)(=O)c2c[nH]c(C(=O)N3CCCC3)c2)cc1Cl. The highest BCUT2D eigenvalue weighted by Crippen LogP contribution is 2.24. The fourth-order valence-corrected chi connectivity index (χ4v) is 4.05. The first kappa shape index (κ1) is 18.3. The Labute approximate surface area is 155 Å². The number of nitrogens with two attached hydrogens (primary N) is 1. The van der Waals surface area contributed by atoms with Gasteiger partial charge in [-0.05, 0) is 37.1 Å². The average molecular weight is 397 g/mol. The van der Waals surface area contributed by atoms with E-state index in [0.29, 0.717) is 13.1 Å². The third-order valence-electron chi connectivity index (χ3n) is 4.08. The van der Waals surface area contributed by atoms with E-state index in [9.17, 15) is 18.0 Å². The second kappa shape index (κ2) is 7.00. The van der Waals surface area contributed by atoms with Crippen LogP contribution in [-0.4, -0.2) is 43.2 Å². The normalized spacial score (nSPS) is 14.4. The maximum atomic E-state index is 12.5. The molecule has 1 aliphatic rings. The zero-order chi connectivity index (χ0) is 18.9. The van der Waals surface area contributed by atoms with Crippen LogP contribution in [0.2, 0.25) is 5.02 Å². The van der Waals surface area contributed by atoms with Crippen LogP contribution in [0.15, 0.2) is 35.4 Å². The van der Waals surface area contributed by atoms with Crippen molar-refractivity contribution >= 4 is 39.1 Å². The Balaban J connectivity index is 1.79. The zero-order valence-electron chi connectivity index (χ0n) is 13.7. The highest BCUT2D eigenvalue weighted by Gasteiger charge is 2.24. The number of carbonyl (C=O) groups excluding carboxylic acids is 2. The molecule has 2 heterocycles. The van der Waals surface area contributed by atoms with Crippen molar-refractivity contribution in [2.75, 3.05) is 17.8 Å². The predicted molar refractivity (Wildman–Crippen MR) is 96.7 cm³/mol. The van der Waals surface area contributed by atoms with Crippen LogP contribution in [0.1, 0.15) is 33.7 Å². The van der Waals surface area contributed by atoms with Gasteiger partial charge in [0.25, 0.3) is 15.9 Å². The van der Waals surface area contributed by atoms with Crippen molar-refractivity contribution in [1.29, 1.82) is 0 Å². The van der Waals surface area contributed by atoms with Gasteiger partial charge in [0, 0.05) is 19.3 Å². The van der Waals surface area contributed by atoms with Crippen molar-refractivity contribution in [2.45, 2.75) is 17.7 Å². The lowest BCUT2D eigenvalue weighted by atomic mass is 10.2. The van der Waals surface area contributed by atoms with Gasteiger partial charge in [-0.25, -0.2) is 8.42 Å². The van der Waals surface area contributed by atoms with E-state index in [-0.39, 0.29) is 32.8 Å². The fraction of sp³-hybridized carbons (Fsp3) is 0.250. The molecule has 8 nitrogen and oxygen atoms in total. The van der Waals surface area contributed by atoms with Crippen molar-refractivity contribution in [3.8, 4) is 0 Å². The minimum Gasteiger partial charge on any atom is -0.366 e. The Bertz CT molecular complexity index is 964. The number of aromatic amines is 1. The molecule has 1 aromatic carbocycles. The summed E-state index contributed by atoms with van der Waals surface area (Å²) in [7, 11) is -3.93. The molecule has 0 unspecified atom stereocenters. The van der Waals surface area contributed by atoms with Gasteiger partial charge in [0.15, 0.2) is 0 Å². The fourth-order valence-electron chi connectivity index (χ4n) is 2.74. The van der Waals surface area contributed by atoms with Crippen LogP contribution < -0.4 is 10.5 Å². The molecule has 1 saturated heterocycles. The molecule has 0 saturated carbocycles. The van der Waals surface area contributed by atoms with Crippen LogP contribution in [0.4, 0.5) is 5.69 Å². The average Bonchev–Trinajstić information content (AvgIpc) is 3.26. The van der Waals surface area contributed by atoms with Gasteiger partial charge >= 0.3 is 0 Å². The Hall–Kier alpha value is -2.52. The molecule has 10 heteroatoms. The Morgan fingerprint density at radius 2 is 1.88 bits per heavy atom. The lowest BCUT2D eigenvalue weighted by Crippen LogP contribution is -2.27. The first-order valence-electron chi connectivity index (χ1n) is 7.88. The van der Waals surface area contributed by atoms with Gasteiger partial charge in [0.2, 0.25) is 5.91 Å². The Morgan fingerprint density at radius 3 is 2.50 bits per heavy atom. The molecular formula is C16H17ClN4O4S. The molecule has 2 aromatic rings. The molecule has 0 atom stereocenters. The lowest BCUT2D eigenvalue weighted by molar-refractivity contribution is 0.0787. The monoisotopic (exact) mass is 396 g/mol. The zero-order valence-corrected chi connectivity index (χ0v) is 15.2. The van der Waals surface area contributed by atoms with Gasteiger partial charge in [0.1, 0.15) is 10.6 Å². The predicted octanol–water partition coefficient (Wildman–Crippen LogP) is 1.80. The minimum atomic E-state index is -3.93. The van der Waals surface area contributed by atoms with Gasteiger partial charge in [-0.15, -0.1) is 0 Å². The Kier molecular flexibility index (Phi) is 4.92. The molecule has 2 amide bonds. The number of amides is 2. The summed E-state index contributed by atoms with van der Waals surface area (Å²) in [5.41, 5.74) is 5.65. The Morgan fingerprint density at radius 1 is 1.19 bits per heavy atom. The van der Waals surface area contributed by atoms with E-state index >= 15 is 0 Å². The number of benzene rings is 1. The van der Waals surface area contributed by atoms with E-state index in [1.807, 2.05) is 0 Å². The van der Waals surface area contributed by atoms with Gasteiger partial charge in [-0.1, -0.05) is 11.6 Å². The molecule has 1 fully saturated rings. The van der Waals surface area contributed by atoms with Crippen molar-refractivity contribution in [2.24, 2.45) is 5.73 Å². The van der Waals surface area contributed by atoms with E-state index < -0.39 is 15.9 Å². The highest BCUT2D eigenvalue weighted by atomic mass is 35.5. The number of H-pyrrole nitrogens is 1. The maximum Gasteiger partial charge on any atom is 0.270 e. The maximum absolute atomic E-state index is 12.5. The molecule has 0 bridgehead atoms. The number of rotatable bonds is 5. The second-order valence-corrected chi connectivity index (χ2v) is 8.00. The topological polar surface area (TPSA) is 125 Å². The standard InChI is InChI=1S/C16H17ClN4O4S/c17-13-7-10(3-4-12(13)15(18)22)20-26(24,25)11-8-14(19-9-11)16(23)21-5-1-2-6-21/h3-4,7-9,19-20H,1-2,5-6H2,(H2,18,22). The number of primary amides is 1. The third-order valence-corrected chi connectivity index (χ3v) is 5.75. The van der Waals surface area contributed by atoms with Crippen LogP contribution >= 0.6 is 11.6 Å². The van der Waals surface area contributed by atoms with E-state index in [1.54, 1.807) is 4.90 Å². The molecule has 138 valence electrons. The van der Waals surface area contributed by atoms with Crippen molar-refractivity contribution in [3.05, 3.63) is 46.7 Å². The van der Waals surface area contributed by atoms with Crippen molar-refractivity contribution < 1.29 is 18.0 Å². The molecule has 26 heavy (non-hydrogen) atoms. The molecular weight excluding hydrogens is 380 g/mol. The number of aromatic nitrogens is 1. The summed E-state index contributed by atoms with van der Waals surface area (Å²) in [5.74, 6) is -0.932. The van der Waals surface area contributed by atoms with E-state index in [0.717, 1.165) is 12.8 Å². The summed E-state index contributed by atoms with van der Waals surface area (Å²) in [6.07, 6.45) is 3.15. The number of hydrogen-bond acceptors (Lipinski definition) is 4. The highest BCUT2D eigenvalue weighted by molar-refractivity contribution is 7.92. The molecule has 1 aromatic heterocycles. The summed E-state index contributed by atoms with van der Waals surface area (Å²) in [4.78, 5) is 27.8. The number of hydrogen-bond donors (Lipinski definition) is 3. The van der Waals surface area contributed by atoms with Crippen LogP contribution in [0.5, 0.6) is 0 Å². The summed E-state index contributed by atoms with van der Waals surface area (Å²) >= 11 is 5.93. The van der Waals surface area contributed by atoms with Gasteiger partial charge in [-0.2, -0.15) is 0 Å². The summed E-state index contributed by atoms with van der Waals surface area (Å²) in [5, 5.41) is 0.0386. The molecule has 0 radical (unpaired) electrons. The largest absolute Gasteiger partial charge is 0.366 e. The molecule has 0 aliphatic carbocycles. The molecule has 3 rings (SSSR count). The van der Waals surface area contributed by atoms with Crippen molar-refractivity contribution in [3.63, 3.8) is 0 Å². The molecule has 1 aliphatic heterocycles. The quantitative estimate of drug-likeness (QED) is 0.712. The summed E-state index contributed by atoms with van der Waals surface area (Å²) in [6.45, 7) is 1.34. The van der Waals surface area contributed by atoms with Gasteiger partial charge in [0.05, 0.1) is 16.3 Å². The van der Waals surface area contributed by atoms with Crippen LogP contribution in [0, 0.1) is 0 Å². The van der Waals surface area contributed by atoms with E-state index in [1.165, 1.54) is 30.5 Å². The second-order valence-electron chi connectivity index (χ2n) is 5.91. The van der Waals surface area contributed by atoms with E-state index in [4.69, 9.17) is 17.3 Å². The summed E-state index contributed by atoms with van der Waals surface area (Å²) in [6, 6.07) is 5.30. The number of halogens is 1. The number of nitrogens with one attached hydrogen (secondary N) is 2. The molecule has 0 spiro atoms. The number of carbonyl (C=O) groups is 2. The van der Waals surface area contributed by atoms with E-state index in [2.05, 4.69) is 9.71 Å². The summed E-state index contributed by atoms with van der Waals surface area (Å²) < 4.78 is 27.4. The molecule has 4 N–H and O–H groups in total. The van der Waals surface area contributed by atoms with Crippen LogP contribution in [0.3, 0.4) is 0 Å². The first-order chi connectivity index (χ1) is 12.3. The van der Waals surface area contributed by atoms with Crippen LogP contribution in [0.25, 0.3) is 0 Å². The lowest BCUT2D eigenvalue weighted by Gasteiger charge is -2.13. The third kappa shape index (κ3) is 3.68. The number of anilines is 1. The van der Waals surface area contributed by atoms with Crippen molar-refractivity contribution in [1.82, 2.24) is 9.88 Å². The smallest absolute Gasteiger partial charge is 0.270 e. The first-order valence-corrected chi connectivity index (χ1v) is 9.74. The van der Waals surface area contributed by atoms with Crippen LogP contribution in [-0.2, 0) is 10.0 Å². The van der Waals surface area contributed by atoms with Gasteiger partial charge < -0.3 is 15.6 Å². The minimum absolute atomic E-state index is 0.0386. The number of nitrogens with zero attached hydrogens (tertiary/aromatic N) is 1.